The molecule has 21 heavy (non-hydrogen) atoms. The molecular formula is C19H20FN. The zero-order valence-electron chi connectivity index (χ0n) is 12.7. The Balaban J connectivity index is 2.42. The molecule has 1 nitrogen and oxygen atoms in total. The van der Waals surface area contributed by atoms with Crippen LogP contribution >= 0.6 is 0 Å². The van der Waals surface area contributed by atoms with Gasteiger partial charge in [-0.3, -0.25) is 4.99 Å². The lowest BCUT2D eigenvalue weighted by atomic mass is 9.91. The van der Waals surface area contributed by atoms with Crippen molar-refractivity contribution in [3.05, 3.63) is 82.7 Å². The third kappa shape index (κ3) is 3.10. The summed E-state index contributed by atoms with van der Waals surface area (Å²) in [7, 11) is 0. The van der Waals surface area contributed by atoms with Crippen LogP contribution in [-0.4, -0.2) is 6.21 Å². The average Bonchev–Trinajstić information content (AvgIpc) is 2.96. The highest BCUT2D eigenvalue weighted by atomic mass is 19.1. The molecule has 1 aliphatic heterocycles. The van der Waals surface area contributed by atoms with Gasteiger partial charge in [0.15, 0.2) is 0 Å². The molecule has 0 bridgehead atoms. The highest BCUT2D eigenvalue weighted by Crippen LogP contribution is 2.35. The maximum absolute atomic E-state index is 13.4. The molecule has 0 N–H and O–H groups in total. The number of nitrogens with zero attached hydrogens (tertiary/aromatic N) is 1. The largest absolute Gasteiger partial charge is 0.280 e. The van der Waals surface area contributed by atoms with Gasteiger partial charge in [-0.25, -0.2) is 4.39 Å². The summed E-state index contributed by atoms with van der Waals surface area (Å²) >= 11 is 0. The molecule has 2 heteroatoms. The lowest BCUT2D eigenvalue weighted by molar-refractivity contribution is 0.617. The molecule has 0 radical (unpaired) electrons. The number of hydrogen-bond donors (Lipinski definition) is 0. The van der Waals surface area contributed by atoms with Crippen LogP contribution in [-0.2, 0) is 0 Å². The predicted molar refractivity (Wildman–Crippen MR) is 88.2 cm³/mol. The zero-order valence-corrected chi connectivity index (χ0v) is 12.7. The van der Waals surface area contributed by atoms with E-state index in [0.717, 1.165) is 22.3 Å². The molecule has 0 aliphatic carbocycles. The van der Waals surface area contributed by atoms with Gasteiger partial charge < -0.3 is 0 Å². The van der Waals surface area contributed by atoms with Gasteiger partial charge in [0.2, 0.25) is 0 Å². The van der Waals surface area contributed by atoms with Crippen molar-refractivity contribution in [3.63, 3.8) is 0 Å². The Bertz CT molecular complexity index is 675. The highest BCUT2D eigenvalue weighted by Gasteiger charge is 2.21. The van der Waals surface area contributed by atoms with Crippen molar-refractivity contribution in [2.24, 2.45) is 4.99 Å². The van der Waals surface area contributed by atoms with Crippen LogP contribution < -0.4 is 0 Å². The van der Waals surface area contributed by atoms with Crippen molar-refractivity contribution in [2.45, 2.75) is 26.8 Å². The Labute approximate surface area is 125 Å². The van der Waals surface area contributed by atoms with Crippen LogP contribution in [0, 0.1) is 12.7 Å². The van der Waals surface area contributed by atoms with Gasteiger partial charge in [-0.15, -0.1) is 0 Å². The quantitative estimate of drug-likeness (QED) is 0.667. The standard InChI is InChI=1S/C19H20FN/c1-5-7-15(6-2)14(4)17-10-11-21-19(17)16-8-9-18(20)13(3)12-16/h5-12,19H,2H2,1,3-4H3/b7-5-,15-14-. The van der Waals surface area contributed by atoms with Crippen molar-refractivity contribution in [1.29, 1.82) is 0 Å². The first-order chi connectivity index (χ1) is 10.1. The fraction of sp³-hybridized carbons (Fsp3) is 0.211. The summed E-state index contributed by atoms with van der Waals surface area (Å²) in [5.74, 6) is -0.181. The van der Waals surface area contributed by atoms with Crippen LogP contribution in [0.3, 0.4) is 0 Å². The SMILES string of the molecule is C=CC(/C=C\C)=C(\C)C1=CC=NC1c1ccc(F)c(C)c1. The molecule has 0 fully saturated rings. The van der Waals surface area contributed by atoms with Gasteiger partial charge in [0, 0.05) is 6.21 Å². The second kappa shape index (κ2) is 6.49. The Morgan fingerprint density at radius 1 is 1.38 bits per heavy atom. The second-order valence-electron chi connectivity index (χ2n) is 5.12. The Morgan fingerprint density at radius 2 is 2.14 bits per heavy atom. The Morgan fingerprint density at radius 3 is 2.76 bits per heavy atom. The normalized spacial score (nSPS) is 18.9. The molecule has 1 aliphatic rings. The highest BCUT2D eigenvalue weighted by molar-refractivity contribution is 5.79. The summed E-state index contributed by atoms with van der Waals surface area (Å²) in [6.45, 7) is 9.70. The summed E-state index contributed by atoms with van der Waals surface area (Å²) < 4.78 is 13.4. The van der Waals surface area contributed by atoms with Gasteiger partial charge in [0.1, 0.15) is 11.9 Å². The minimum Gasteiger partial charge on any atom is -0.280 e. The minimum atomic E-state index is -0.181. The summed E-state index contributed by atoms with van der Waals surface area (Å²) in [5.41, 5.74) is 5.02. The number of rotatable bonds is 4. The van der Waals surface area contributed by atoms with E-state index in [2.05, 4.69) is 18.5 Å². The van der Waals surface area contributed by atoms with Crippen LogP contribution in [0.1, 0.15) is 31.0 Å². The van der Waals surface area contributed by atoms with Crippen molar-refractivity contribution >= 4 is 6.21 Å². The monoisotopic (exact) mass is 281 g/mol. The first-order valence-corrected chi connectivity index (χ1v) is 7.04. The van der Waals surface area contributed by atoms with Crippen molar-refractivity contribution < 1.29 is 4.39 Å². The number of aryl methyl sites for hydroxylation is 1. The first kappa shape index (κ1) is 15.2. The van der Waals surface area contributed by atoms with Crippen molar-refractivity contribution in [2.75, 3.05) is 0 Å². The van der Waals surface area contributed by atoms with E-state index in [1.807, 2.05) is 43.5 Å². The number of benzene rings is 1. The van der Waals surface area contributed by atoms with E-state index in [4.69, 9.17) is 0 Å². The zero-order chi connectivity index (χ0) is 15.4. The maximum atomic E-state index is 13.4. The summed E-state index contributed by atoms with van der Waals surface area (Å²) in [6.07, 6.45) is 9.72. The van der Waals surface area contributed by atoms with Gasteiger partial charge in [-0.1, -0.05) is 36.9 Å². The second-order valence-corrected chi connectivity index (χ2v) is 5.12. The smallest absolute Gasteiger partial charge is 0.126 e. The Kier molecular flexibility index (Phi) is 4.69. The molecular weight excluding hydrogens is 261 g/mol. The van der Waals surface area contributed by atoms with E-state index >= 15 is 0 Å². The molecule has 0 aromatic heterocycles. The van der Waals surface area contributed by atoms with Crippen LogP contribution in [0.5, 0.6) is 0 Å². The molecule has 1 unspecified atom stereocenters. The molecule has 108 valence electrons. The number of aliphatic imine (C=N–C) groups is 1. The molecule has 2 rings (SSSR count). The lowest BCUT2D eigenvalue weighted by Crippen LogP contribution is -2.01. The molecule has 1 heterocycles. The molecule has 0 amide bonds. The van der Waals surface area contributed by atoms with Crippen LogP contribution in [0.25, 0.3) is 0 Å². The third-order valence-electron chi connectivity index (χ3n) is 3.71. The van der Waals surface area contributed by atoms with Gasteiger partial charge in [0.05, 0.1) is 0 Å². The van der Waals surface area contributed by atoms with Gasteiger partial charge in [-0.05, 0) is 60.8 Å². The van der Waals surface area contributed by atoms with Crippen LogP contribution in [0.4, 0.5) is 4.39 Å². The third-order valence-corrected chi connectivity index (χ3v) is 3.71. The molecule has 1 aromatic carbocycles. The van der Waals surface area contributed by atoms with Crippen LogP contribution in [0.2, 0.25) is 0 Å². The number of halogens is 1. The van der Waals surface area contributed by atoms with Crippen molar-refractivity contribution in [1.82, 2.24) is 0 Å². The molecule has 1 aromatic rings. The van der Waals surface area contributed by atoms with E-state index in [-0.39, 0.29) is 11.9 Å². The van der Waals surface area contributed by atoms with Crippen molar-refractivity contribution in [3.8, 4) is 0 Å². The number of allylic oxidation sites excluding steroid dienone is 5. The summed E-state index contributed by atoms with van der Waals surface area (Å²) in [4.78, 5) is 4.52. The van der Waals surface area contributed by atoms with E-state index in [1.54, 1.807) is 13.0 Å². The van der Waals surface area contributed by atoms with Crippen LogP contribution in [0.15, 0.2) is 70.8 Å². The van der Waals surface area contributed by atoms with E-state index in [0.29, 0.717) is 5.56 Å². The topological polar surface area (TPSA) is 12.4 Å². The lowest BCUT2D eigenvalue weighted by Gasteiger charge is -2.16. The predicted octanol–water partition coefficient (Wildman–Crippen LogP) is 5.26. The molecule has 0 saturated heterocycles. The summed E-state index contributed by atoms with van der Waals surface area (Å²) in [5, 5.41) is 0. The van der Waals surface area contributed by atoms with Gasteiger partial charge in [-0.2, -0.15) is 0 Å². The number of hydrogen-bond acceptors (Lipinski definition) is 1. The molecule has 1 atom stereocenters. The Hall–Kier alpha value is -2.22. The van der Waals surface area contributed by atoms with E-state index in [9.17, 15) is 4.39 Å². The van der Waals surface area contributed by atoms with Gasteiger partial charge >= 0.3 is 0 Å². The van der Waals surface area contributed by atoms with E-state index < -0.39 is 0 Å². The minimum absolute atomic E-state index is 0.0653. The fourth-order valence-electron chi connectivity index (χ4n) is 2.51. The molecule has 0 saturated carbocycles. The van der Waals surface area contributed by atoms with Gasteiger partial charge in [0.25, 0.3) is 0 Å². The average molecular weight is 281 g/mol. The molecule has 0 spiro atoms. The summed E-state index contributed by atoms with van der Waals surface area (Å²) in [6, 6.07) is 5.12. The fourth-order valence-corrected chi connectivity index (χ4v) is 2.51. The maximum Gasteiger partial charge on any atom is 0.126 e. The first-order valence-electron chi connectivity index (χ1n) is 7.04. The van der Waals surface area contributed by atoms with E-state index in [1.165, 1.54) is 6.07 Å².